The molecule has 1 saturated carbocycles. The molecule has 2 aromatic rings. The van der Waals surface area contributed by atoms with Crippen LogP contribution in [0.2, 0.25) is 0 Å². The predicted molar refractivity (Wildman–Crippen MR) is 102 cm³/mol. The molecular formula is C21H23FN2O4. The van der Waals surface area contributed by atoms with Crippen LogP contribution in [0.5, 0.6) is 11.5 Å². The number of hydrazine groups is 1. The van der Waals surface area contributed by atoms with Crippen LogP contribution in [0.15, 0.2) is 42.5 Å². The SMILES string of the molecule is CCOc1ccc(C(=O)NNC(=O)C2(c3ccc(F)cc3)CCC2)cc1OC. The van der Waals surface area contributed by atoms with Crippen LogP contribution in [-0.2, 0) is 10.2 Å². The van der Waals surface area contributed by atoms with E-state index in [1.807, 2.05) is 6.92 Å². The third-order valence-electron chi connectivity index (χ3n) is 5.05. The molecule has 28 heavy (non-hydrogen) atoms. The molecule has 2 N–H and O–H groups in total. The van der Waals surface area contributed by atoms with Gasteiger partial charge in [0.15, 0.2) is 11.5 Å². The topological polar surface area (TPSA) is 76.7 Å². The number of ether oxygens (including phenoxy) is 2. The van der Waals surface area contributed by atoms with Crippen molar-refractivity contribution < 1.29 is 23.5 Å². The Morgan fingerprint density at radius 1 is 1.07 bits per heavy atom. The van der Waals surface area contributed by atoms with Crippen molar-refractivity contribution in [2.24, 2.45) is 0 Å². The van der Waals surface area contributed by atoms with E-state index >= 15 is 0 Å². The molecule has 7 heteroatoms. The summed E-state index contributed by atoms with van der Waals surface area (Å²) in [4.78, 5) is 25.2. The third kappa shape index (κ3) is 3.78. The largest absolute Gasteiger partial charge is 0.493 e. The van der Waals surface area contributed by atoms with Crippen LogP contribution in [0.3, 0.4) is 0 Å². The molecule has 0 unspecified atom stereocenters. The molecule has 0 aromatic heterocycles. The van der Waals surface area contributed by atoms with Crippen molar-refractivity contribution in [3.63, 3.8) is 0 Å². The van der Waals surface area contributed by atoms with E-state index in [2.05, 4.69) is 10.9 Å². The fourth-order valence-corrected chi connectivity index (χ4v) is 3.33. The van der Waals surface area contributed by atoms with Gasteiger partial charge in [0, 0.05) is 5.56 Å². The molecule has 2 aromatic carbocycles. The first-order valence-electron chi connectivity index (χ1n) is 9.18. The summed E-state index contributed by atoms with van der Waals surface area (Å²) in [7, 11) is 1.49. The number of rotatable bonds is 6. The highest BCUT2D eigenvalue weighted by molar-refractivity contribution is 5.97. The maximum absolute atomic E-state index is 13.2. The Kier molecular flexibility index (Phi) is 5.82. The lowest BCUT2D eigenvalue weighted by atomic mass is 9.64. The van der Waals surface area contributed by atoms with Gasteiger partial charge in [0.2, 0.25) is 5.91 Å². The van der Waals surface area contributed by atoms with Crippen LogP contribution >= 0.6 is 0 Å². The first-order valence-corrected chi connectivity index (χ1v) is 9.18. The minimum Gasteiger partial charge on any atom is -0.493 e. The number of halogens is 1. The molecule has 6 nitrogen and oxygen atoms in total. The molecule has 0 saturated heterocycles. The molecule has 0 aliphatic heterocycles. The van der Waals surface area contributed by atoms with Crippen molar-refractivity contribution >= 4 is 11.8 Å². The number of methoxy groups -OCH3 is 1. The zero-order valence-electron chi connectivity index (χ0n) is 15.9. The highest BCUT2D eigenvalue weighted by Crippen LogP contribution is 2.43. The first-order chi connectivity index (χ1) is 13.5. The summed E-state index contributed by atoms with van der Waals surface area (Å²) in [6.45, 7) is 2.33. The van der Waals surface area contributed by atoms with Crippen LogP contribution in [0.4, 0.5) is 4.39 Å². The Balaban J connectivity index is 1.68. The van der Waals surface area contributed by atoms with Gasteiger partial charge in [-0.3, -0.25) is 20.4 Å². The molecular weight excluding hydrogens is 363 g/mol. The maximum Gasteiger partial charge on any atom is 0.269 e. The van der Waals surface area contributed by atoms with Crippen molar-refractivity contribution in [3.05, 3.63) is 59.4 Å². The molecule has 0 spiro atoms. The van der Waals surface area contributed by atoms with Crippen LogP contribution in [0, 0.1) is 5.82 Å². The fourth-order valence-electron chi connectivity index (χ4n) is 3.33. The van der Waals surface area contributed by atoms with E-state index in [1.54, 1.807) is 30.3 Å². The predicted octanol–water partition coefficient (Wildman–Crippen LogP) is 3.12. The van der Waals surface area contributed by atoms with Crippen molar-refractivity contribution in [1.29, 1.82) is 0 Å². The van der Waals surface area contributed by atoms with E-state index in [4.69, 9.17) is 9.47 Å². The van der Waals surface area contributed by atoms with Gasteiger partial charge in [0.05, 0.1) is 19.1 Å². The fraction of sp³-hybridized carbons (Fsp3) is 0.333. The molecule has 0 atom stereocenters. The first kappa shape index (κ1) is 19.7. The minimum atomic E-state index is -0.739. The maximum atomic E-state index is 13.2. The smallest absolute Gasteiger partial charge is 0.269 e. The highest BCUT2D eigenvalue weighted by atomic mass is 19.1. The highest BCUT2D eigenvalue weighted by Gasteiger charge is 2.45. The Hall–Kier alpha value is -3.09. The van der Waals surface area contributed by atoms with E-state index in [0.717, 1.165) is 12.0 Å². The second-order valence-electron chi connectivity index (χ2n) is 6.65. The van der Waals surface area contributed by atoms with Gasteiger partial charge in [0.25, 0.3) is 5.91 Å². The average molecular weight is 386 g/mol. The number of amides is 2. The zero-order valence-corrected chi connectivity index (χ0v) is 15.9. The molecule has 1 aliphatic carbocycles. The summed E-state index contributed by atoms with van der Waals surface area (Å²) < 4.78 is 23.9. The molecule has 0 radical (unpaired) electrons. The Morgan fingerprint density at radius 2 is 1.79 bits per heavy atom. The van der Waals surface area contributed by atoms with Gasteiger partial charge in [-0.2, -0.15) is 0 Å². The van der Waals surface area contributed by atoms with Crippen molar-refractivity contribution in [2.45, 2.75) is 31.6 Å². The summed E-state index contributed by atoms with van der Waals surface area (Å²) in [6, 6.07) is 10.7. The van der Waals surface area contributed by atoms with Gasteiger partial charge in [-0.15, -0.1) is 0 Å². The molecule has 1 fully saturated rings. The number of carbonyl (C=O) groups is 2. The Morgan fingerprint density at radius 3 is 2.36 bits per heavy atom. The average Bonchev–Trinajstić information content (AvgIpc) is 2.67. The van der Waals surface area contributed by atoms with E-state index in [0.29, 0.717) is 36.5 Å². The van der Waals surface area contributed by atoms with Crippen molar-refractivity contribution in [3.8, 4) is 11.5 Å². The third-order valence-corrected chi connectivity index (χ3v) is 5.05. The molecule has 2 amide bonds. The quantitative estimate of drug-likeness (QED) is 0.748. The van der Waals surface area contributed by atoms with Gasteiger partial charge in [-0.25, -0.2) is 4.39 Å². The minimum absolute atomic E-state index is 0.309. The molecule has 0 heterocycles. The van der Waals surface area contributed by atoms with Crippen LogP contribution in [-0.4, -0.2) is 25.5 Å². The molecule has 0 bridgehead atoms. The van der Waals surface area contributed by atoms with Crippen LogP contribution < -0.4 is 20.3 Å². The standard InChI is InChI=1S/C21H23FN2O4/c1-3-28-17-10-5-14(13-18(17)27-2)19(25)23-24-20(26)21(11-4-12-21)15-6-8-16(22)9-7-15/h5-10,13H,3-4,11-12H2,1-2H3,(H,23,25)(H,24,26). The molecule has 148 valence electrons. The summed E-state index contributed by atoms with van der Waals surface area (Å²) >= 11 is 0. The van der Waals surface area contributed by atoms with Gasteiger partial charge >= 0.3 is 0 Å². The zero-order chi connectivity index (χ0) is 20.1. The summed E-state index contributed by atoms with van der Waals surface area (Å²) in [5.41, 5.74) is 5.29. The van der Waals surface area contributed by atoms with Gasteiger partial charge in [-0.1, -0.05) is 18.6 Å². The Labute approximate surface area is 163 Å². The molecule has 3 rings (SSSR count). The number of benzene rings is 2. The van der Waals surface area contributed by atoms with Crippen molar-refractivity contribution in [2.75, 3.05) is 13.7 Å². The normalized spacial score (nSPS) is 14.5. The lowest BCUT2D eigenvalue weighted by Gasteiger charge is -2.40. The van der Waals surface area contributed by atoms with Crippen LogP contribution in [0.1, 0.15) is 42.1 Å². The van der Waals surface area contributed by atoms with Crippen LogP contribution in [0.25, 0.3) is 0 Å². The van der Waals surface area contributed by atoms with E-state index in [1.165, 1.54) is 19.2 Å². The summed E-state index contributed by atoms with van der Waals surface area (Å²) in [6.07, 6.45) is 2.20. The number of hydrogen-bond donors (Lipinski definition) is 2. The monoisotopic (exact) mass is 386 g/mol. The Bertz CT molecular complexity index is 863. The number of carbonyl (C=O) groups excluding carboxylic acids is 2. The van der Waals surface area contributed by atoms with Gasteiger partial charge < -0.3 is 9.47 Å². The number of hydrogen-bond acceptors (Lipinski definition) is 4. The van der Waals surface area contributed by atoms with E-state index in [9.17, 15) is 14.0 Å². The lowest BCUT2D eigenvalue weighted by molar-refractivity contribution is -0.130. The second kappa shape index (κ2) is 8.29. The van der Waals surface area contributed by atoms with E-state index < -0.39 is 11.3 Å². The van der Waals surface area contributed by atoms with Crippen molar-refractivity contribution in [1.82, 2.24) is 10.9 Å². The second-order valence-corrected chi connectivity index (χ2v) is 6.65. The van der Waals surface area contributed by atoms with Gasteiger partial charge in [0.1, 0.15) is 5.82 Å². The lowest BCUT2D eigenvalue weighted by Crippen LogP contribution is -2.54. The van der Waals surface area contributed by atoms with E-state index in [-0.39, 0.29) is 11.7 Å². The molecule has 1 aliphatic rings. The summed E-state index contributed by atoms with van der Waals surface area (Å²) in [5.74, 6) is -0.158. The number of nitrogens with one attached hydrogen (secondary N) is 2. The van der Waals surface area contributed by atoms with Gasteiger partial charge in [-0.05, 0) is 55.7 Å². The summed E-state index contributed by atoms with van der Waals surface area (Å²) in [5, 5.41) is 0.